The zero-order valence-electron chi connectivity index (χ0n) is 14.2. The highest BCUT2D eigenvalue weighted by Crippen LogP contribution is 2.24. The number of quaternary nitrogens is 2. The molecular weight excluding hydrogens is 340 g/mol. The third-order valence-corrected chi connectivity index (χ3v) is 3.50. The average Bonchev–Trinajstić information content (AvgIpc) is 2.62. The van der Waals surface area contributed by atoms with Crippen LogP contribution in [0, 0.1) is 0 Å². The average molecular weight is 364 g/mol. The minimum Gasteiger partial charge on any atom is -0.550 e. The van der Waals surface area contributed by atoms with Crippen molar-refractivity contribution in [2.75, 3.05) is 0 Å². The summed E-state index contributed by atoms with van der Waals surface area (Å²) in [6, 6.07) is 18.2. The van der Waals surface area contributed by atoms with Crippen LogP contribution in [0.5, 0.6) is 0 Å². The lowest BCUT2D eigenvalue weighted by Gasteiger charge is -2.16. The van der Waals surface area contributed by atoms with Crippen molar-refractivity contribution in [3.8, 4) is 0 Å². The topological polar surface area (TPSA) is 187 Å². The first kappa shape index (κ1) is 23.2. The molecule has 0 saturated carbocycles. The van der Waals surface area contributed by atoms with Gasteiger partial charge in [-0.05, 0) is 5.56 Å². The summed E-state index contributed by atoms with van der Waals surface area (Å²) in [7, 11) is 0. The van der Waals surface area contributed by atoms with E-state index in [1.807, 2.05) is 60.7 Å². The SMILES string of the molecule is O.[NH3+][C@@H](CC(=O)[O-])C(=O)[O-].[NH3+][C@@H](c1ccccc1)[C@H](O)c1ccccc1. The second-order valence-corrected chi connectivity index (χ2v) is 5.46. The maximum atomic E-state index is 10.2. The Kier molecular flexibility index (Phi) is 10.5. The van der Waals surface area contributed by atoms with Crippen molar-refractivity contribution >= 4 is 11.9 Å². The number of aliphatic hydroxyl groups is 1. The highest BCUT2D eigenvalue weighted by molar-refractivity contribution is 5.76. The highest BCUT2D eigenvalue weighted by atomic mass is 16.4. The van der Waals surface area contributed by atoms with E-state index in [-0.39, 0.29) is 11.5 Å². The Morgan fingerprint density at radius 2 is 1.31 bits per heavy atom. The minimum atomic E-state index is -1.47. The molecule has 0 unspecified atom stereocenters. The van der Waals surface area contributed by atoms with E-state index >= 15 is 0 Å². The third kappa shape index (κ3) is 7.86. The normalized spacial score (nSPS) is 13.2. The van der Waals surface area contributed by atoms with Gasteiger partial charge in [-0.15, -0.1) is 0 Å². The molecule has 2 aromatic rings. The van der Waals surface area contributed by atoms with Gasteiger partial charge in [0.05, 0.1) is 5.97 Å². The molecule has 8 nitrogen and oxygen atoms in total. The lowest BCUT2D eigenvalue weighted by Crippen LogP contribution is -2.69. The molecule has 0 aliphatic heterocycles. The first-order chi connectivity index (χ1) is 11.8. The fraction of sp³-hybridized carbons (Fsp3) is 0.222. The standard InChI is InChI=1S/C14H15NO.C4H7NO4.H2O/c15-13(11-7-3-1-4-8-11)14(16)12-9-5-2-6-10-12;5-2(4(8)9)1-3(6)7;/h1-10,13-14,16H,15H2;2H,1,5H2,(H,6,7)(H,8,9);1H2/t13-,14+;2-;/m00./s1. The van der Waals surface area contributed by atoms with Crippen molar-refractivity contribution in [2.45, 2.75) is 24.6 Å². The summed E-state index contributed by atoms with van der Waals surface area (Å²) < 4.78 is 0. The molecule has 0 aliphatic rings. The zero-order chi connectivity index (χ0) is 18.8. The van der Waals surface area contributed by atoms with Crippen LogP contribution in [0.3, 0.4) is 0 Å². The van der Waals surface area contributed by atoms with Gasteiger partial charge in [0, 0.05) is 18.0 Å². The molecule has 0 saturated heterocycles. The number of aliphatic hydroxyl groups excluding tert-OH is 1. The van der Waals surface area contributed by atoms with Gasteiger partial charge in [-0.2, -0.15) is 0 Å². The summed E-state index contributed by atoms with van der Waals surface area (Å²) in [5.74, 6) is -2.90. The summed E-state index contributed by atoms with van der Waals surface area (Å²) in [6.45, 7) is 0. The maximum Gasteiger partial charge on any atom is 0.140 e. The monoisotopic (exact) mass is 364 g/mol. The van der Waals surface area contributed by atoms with Crippen LogP contribution in [0.2, 0.25) is 0 Å². The summed E-state index contributed by atoms with van der Waals surface area (Å²) in [4.78, 5) is 19.4. The van der Waals surface area contributed by atoms with E-state index in [1.54, 1.807) is 0 Å². The molecule has 0 aromatic heterocycles. The molecule has 9 N–H and O–H groups in total. The Bertz CT molecular complexity index is 622. The zero-order valence-corrected chi connectivity index (χ0v) is 14.2. The first-order valence-corrected chi connectivity index (χ1v) is 7.67. The molecule has 2 aromatic carbocycles. The van der Waals surface area contributed by atoms with Crippen molar-refractivity contribution in [3.05, 3.63) is 71.8 Å². The summed E-state index contributed by atoms with van der Waals surface area (Å²) in [5.41, 5.74) is 8.99. The van der Waals surface area contributed by atoms with E-state index in [1.165, 1.54) is 0 Å². The van der Waals surface area contributed by atoms with E-state index < -0.39 is 30.5 Å². The number of aliphatic carboxylic acids is 2. The van der Waals surface area contributed by atoms with E-state index in [0.717, 1.165) is 11.1 Å². The van der Waals surface area contributed by atoms with Crippen molar-refractivity contribution in [1.82, 2.24) is 0 Å². The lowest BCUT2D eigenvalue weighted by molar-refractivity contribution is -0.446. The molecule has 3 atom stereocenters. The van der Waals surface area contributed by atoms with Gasteiger partial charge in [0.15, 0.2) is 0 Å². The van der Waals surface area contributed by atoms with Crippen LogP contribution in [-0.4, -0.2) is 28.6 Å². The second-order valence-electron chi connectivity index (χ2n) is 5.46. The molecule has 2 rings (SSSR count). The summed E-state index contributed by atoms with van der Waals surface area (Å²) in [6.07, 6.45) is -1.15. The van der Waals surface area contributed by atoms with Crippen LogP contribution in [0.4, 0.5) is 0 Å². The Morgan fingerprint density at radius 1 is 0.885 bits per heavy atom. The Labute approximate surface area is 151 Å². The smallest absolute Gasteiger partial charge is 0.140 e. The van der Waals surface area contributed by atoms with Crippen molar-refractivity contribution in [1.29, 1.82) is 0 Å². The molecule has 8 heteroatoms. The molecule has 0 amide bonds. The van der Waals surface area contributed by atoms with E-state index in [9.17, 15) is 24.9 Å². The van der Waals surface area contributed by atoms with Crippen molar-refractivity contribution in [2.24, 2.45) is 0 Å². The van der Waals surface area contributed by atoms with Gasteiger partial charge >= 0.3 is 0 Å². The van der Waals surface area contributed by atoms with Gasteiger partial charge in [0.2, 0.25) is 0 Å². The number of carbonyl (C=O) groups excluding carboxylic acids is 2. The Morgan fingerprint density at radius 3 is 1.65 bits per heavy atom. The maximum absolute atomic E-state index is 10.2. The number of rotatable bonds is 6. The quantitative estimate of drug-likeness (QED) is 0.476. The highest BCUT2D eigenvalue weighted by Gasteiger charge is 2.21. The first-order valence-electron chi connectivity index (χ1n) is 7.67. The van der Waals surface area contributed by atoms with E-state index in [2.05, 4.69) is 11.5 Å². The van der Waals surface area contributed by atoms with Gasteiger partial charge < -0.3 is 41.9 Å². The van der Waals surface area contributed by atoms with Gasteiger partial charge in [-0.1, -0.05) is 60.7 Å². The van der Waals surface area contributed by atoms with Gasteiger partial charge in [0.25, 0.3) is 0 Å². The number of carboxylic acids is 2. The molecular formula is C18H24N2O6. The van der Waals surface area contributed by atoms with Crippen LogP contribution >= 0.6 is 0 Å². The van der Waals surface area contributed by atoms with Crippen molar-refractivity contribution in [3.63, 3.8) is 0 Å². The van der Waals surface area contributed by atoms with Gasteiger partial charge in [-0.25, -0.2) is 0 Å². The number of carbonyl (C=O) groups is 2. The number of carboxylic acid groups (broad SMARTS) is 2. The molecule has 0 bridgehead atoms. The number of hydrogen-bond donors (Lipinski definition) is 3. The largest absolute Gasteiger partial charge is 0.550 e. The third-order valence-electron chi connectivity index (χ3n) is 3.50. The summed E-state index contributed by atoms with van der Waals surface area (Å²) >= 11 is 0. The van der Waals surface area contributed by atoms with Gasteiger partial charge in [-0.3, -0.25) is 0 Å². The van der Waals surface area contributed by atoms with Crippen LogP contribution in [0.15, 0.2) is 60.7 Å². The fourth-order valence-electron chi connectivity index (χ4n) is 2.05. The Hall–Kier alpha value is -2.78. The number of hydrogen-bond acceptors (Lipinski definition) is 5. The second kappa shape index (κ2) is 11.7. The predicted molar refractivity (Wildman–Crippen MR) is 88.4 cm³/mol. The van der Waals surface area contributed by atoms with Crippen LogP contribution in [-0.2, 0) is 9.59 Å². The molecule has 142 valence electrons. The number of benzene rings is 2. The minimum absolute atomic E-state index is 0. The van der Waals surface area contributed by atoms with E-state index in [0.29, 0.717) is 0 Å². The summed E-state index contributed by atoms with van der Waals surface area (Å²) in [5, 5.41) is 29.6. The molecule has 0 spiro atoms. The van der Waals surface area contributed by atoms with E-state index in [4.69, 9.17) is 0 Å². The molecule has 0 aliphatic carbocycles. The molecule has 0 fully saturated rings. The fourth-order valence-corrected chi connectivity index (χ4v) is 2.05. The Balaban J connectivity index is 0.000000543. The lowest BCUT2D eigenvalue weighted by atomic mass is 9.97. The van der Waals surface area contributed by atoms with Crippen LogP contribution < -0.4 is 21.7 Å². The predicted octanol–water partition coefficient (Wildman–Crippen LogP) is -3.63. The van der Waals surface area contributed by atoms with Crippen molar-refractivity contribution < 1.29 is 41.9 Å². The van der Waals surface area contributed by atoms with Crippen LogP contribution in [0.25, 0.3) is 0 Å². The molecule has 0 heterocycles. The van der Waals surface area contributed by atoms with Gasteiger partial charge in [0.1, 0.15) is 18.2 Å². The van der Waals surface area contributed by atoms with Crippen LogP contribution in [0.1, 0.15) is 29.7 Å². The molecule has 26 heavy (non-hydrogen) atoms. The molecule has 0 radical (unpaired) electrons.